The highest BCUT2D eigenvalue weighted by atomic mass is 19.1. The molecule has 2 aliphatic rings. The summed E-state index contributed by atoms with van der Waals surface area (Å²) in [7, 11) is 2.12. The van der Waals surface area contributed by atoms with E-state index >= 15 is 0 Å². The summed E-state index contributed by atoms with van der Waals surface area (Å²) in [6.07, 6.45) is 5.14. The number of benzene rings is 1. The second-order valence-corrected chi connectivity index (χ2v) is 7.21. The van der Waals surface area contributed by atoms with Crippen molar-refractivity contribution >= 4 is 5.91 Å². The molecular weight excluding hydrogens is 331 g/mol. The van der Waals surface area contributed by atoms with Gasteiger partial charge < -0.3 is 4.90 Å². The average molecular weight is 354 g/mol. The predicted octanol–water partition coefficient (Wildman–Crippen LogP) is 2.51. The maximum atomic E-state index is 13.3. The molecule has 0 spiro atoms. The van der Waals surface area contributed by atoms with Crippen molar-refractivity contribution in [3.63, 3.8) is 0 Å². The van der Waals surface area contributed by atoms with Crippen molar-refractivity contribution in [1.29, 1.82) is 0 Å². The maximum absolute atomic E-state index is 13.3. The number of aromatic nitrogens is 2. The first-order valence-electron chi connectivity index (χ1n) is 9.17. The Balaban J connectivity index is 1.45. The third-order valence-electron chi connectivity index (χ3n) is 5.37. The van der Waals surface area contributed by atoms with Crippen molar-refractivity contribution in [2.24, 2.45) is 0 Å². The lowest BCUT2D eigenvalue weighted by molar-refractivity contribution is -0.131. The fourth-order valence-corrected chi connectivity index (χ4v) is 3.87. The predicted molar refractivity (Wildman–Crippen MR) is 95.9 cm³/mol. The Morgan fingerprint density at radius 2 is 2.23 bits per heavy atom. The standard InChI is InChI=1S/C20H23FN4O/c1-24-8-3-6-18(24)20-22-12-15-13-25(9-7-17(15)23-20)19(26)11-14-4-2-5-16(21)10-14/h2,4-5,10,12,18H,3,6-9,11,13H2,1H3/t18-/m0/s1. The van der Waals surface area contributed by atoms with Crippen LogP contribution in [0.5, 0.6) is 0 Å². The fraction of sp³-hybridized carbons (Fsp3) is 0.450. The van der Waals surface area contributed by atoms with Gasteiger partial charge >= 0.3 is 0 Å². The highest BCUT2D eigenvalue weighted by Gasteiger charge is 2.27. The smallest absolute Gasteiger partial charge is 0.227 e. The maximum Gasteiger partial charge on any atom is 0.227 e. The molecule has 6 heteroatoms. The molecule has 2 aromatic rings. The summed E-state index contributed by atoms with van der Waals surface area (Å²) in [6, 6.07) is 6.55. The molecule has 5 nitrogen and oxygen atoms in total. The Labute approximate surface area is 152 Å². The number of likely N-dealkylation sites (tertiary alicyclic amines) is 1. The normalized spacial score (nSPS) is 20.2. The molecule has 1 atom stereocenters. The lowest BCUT2D eigenvalue weighted by Gasteiger charge is -2.29. The number of amides is 1. The summed E-state index contributed by atoms with van der Waals surface area (Å²) in [5, 5.41) is 0. The van der Waals surface area contributed by atoms with Gasteiger partial charge in [-0.2, -0.15) is 0 Å². The van der Waals surface area contributed by atoms with Gasteiger partial charge in [0.2, 0.25) is 5.91 Å². The second kappa shape index (κ2) is 7.11. The molecule has 1 saturated heterocycles. The quantitative estimate of drug-likeness (QED) is 0.850. The van der Waals surface area contributed by atoms with Crippen molar-refractivity contribution in [3.8, 4) is 0 Å². The number of hydrogen-bond donors (Lipinski definition) is 0. The summed E-state index contributed by atoms with van der Waals surface area (Å²) in [4.78, 5) is 26.1. The Kier molecular flexibility index (Phi) is 4.68. The van der Waals surface area contributed by atoms with Crippen LogP contribution in [0.4, 0.5) is 4.39 Å². The summed E-state index contributed by atoms with van der Waals surface area (Å²) < 4.78 is 13.3. The molecule has 1 amide bonds. The van der Waals surface area contributed by atoms with E-state index in [1.54, 1.807) is 12.1 Å². The number of halogens is 1. The molecule has 1 fully saturated rings. The van der Waals surface area contributed by atoms with Gasteiger partial charge in [-0.15, -0.1) is 0 Å². The number of nitrogens with zero attached hydrogens (tertiary/aromatic N) is 4. The average Bonchev–Trinajstić information content (AvgIpc) is 3.07. The van der Waals surface area contributed by atoms with Crippen LogP contribution in [0.25, 0.3) is 0 Å². The lowest BCUT2D eigenvalue weighted by Crippen LogP contribution is -2.37. The zero-order chi connectivity index (χ0) is 18.1. The summed E-state index contributed by atoms with van der Waals surface area (Å²) in [5.74, 6) is 0.612. The van der Waals surface area contributed by atoms with Gasteiger partial charge in [0.05, 0.1) is 18.2 Å². The summed E-state index contributed by atoms with van der Waals surface area (Å²) >= 11 is 0. The molecule has 4 rings (SSSR count). The number of hydrogen-bond acceptors (Lipinski definition) is 4. The Hall–Kier alpha value is -2.34. The van der Waals surface area contributed by atoms with Crippen LogP contribution in [-0.4, -0.2) is 45.8 Å². The molecule has 0 unspecified atom stereocenters. The van der Waals surface area contributed by atoms with E-state index < -0.39 is 0 Å². The van der Waals surface area contributed by atoms with E-state index in [4.69, 9.17) is 4.98 Å². The van der Waals surface area contributed by atoms with Crippen molar-refractivity contribution in [3.05, 3.63) is 58.9 Å². The number of carbonyl (C=O) groups is 1. The molecule has 0 radical (unpaired) electrons. The Morgan fingerprint density at radius 3 is 3.00 bits per heavy atom. The van der Waals surface area contributed by atoms with Crippen LogP contribution in [0.3, 0.4) is 0 Å². The van der Waals surface area contributed by atoms with E-state index in [1.165, 1.54) is 18.6 Å². The van der Waals surface area contributed by atoms with Gasteiger partial charge in [-0.3, -0.25) is 9.69 Å². The summed E-state index contributed by atoms with van der Waals surface area (Å²) in [5.41, 5.74) is 2.79. The Morgan fingerprint density at radius 1 is 1.35 bits per heavy atom. The van der Waals surface area contributed by atoms with Gasteiger partial charge in [0.1, 0.15) is 11.6 Å². The highest BCUT2D eigenvalue weighted by Crippen LogP contribution is 2.29. The second-order valence-electron chi connectivity index (χ2n) is 7.21. The number of carbonyl (C=O) groups excluding carboxylic acids is 1. The molecule has 1 aromatic carbocycles. The molecule has 136 valence electrons. The van der Waals surface area contributed by atoms with E-state index in [9.17, 15) is 9.18 Å². The van der Waals surface area contributed by atoms with E-state index in [1.807, 2.05) is 11.1 Å². The molecule has 0 saturated carbocycles. The molecule has 0 bridgehead atoms. The topological polar surface area (TPSA) is 49.3 Å². The first-order valence-corrected chi connectivity index (χ1v) is 9.17. The third kappa shape index (κ3) is 3.46. The molecule has 26 heavy (non-hydrogen) atoms. The molecule has 2 aliphatic heterocycles. The molecule has 1 aromatic heterocycles. The zero-order valence-electron chi connectivity index (χ0n) is 15.0. The largest absolute Gasteiger partial charge is 0.338 e. The Bertz CT molecular complexity index is 825. The SMILES string of the molecule is CN1CCC[C@H]1c1ncc2c(n1)CCN(C(=O)Cc1cccc(F)c1)C2. The van der Waals surface area contributed by atoms with E-state index in [0.29, 0.717) is 24.7 Å². The van der Waals surface area contributed by atoms with E-state index in [2.05, 4.69) is 16.9 Å². The molecule has 3 heterocycles. The van der Waals surface area contributed by atoms with Crippen LogP contribution in [0, 0.1) is 5.82 Å². The van der Waals surface area contributed by atoms with Crippen LogP contribution in [0.2, 0.25) is 0 Å². The van der Waals surface area contributed by atoms with Gasteiger partial charge in [0.15, 0.2) is 0 Å². The van der Waals surface area contributed by atoms with E-state index in [0.717, 1.165) is 36.5 Å². The van der Waals surface area contributed by atoms with Gasteiger partial charge in [0, 0.05) is 31.3 Å². The molecular formula is C20H23FN4O. The van der Waals surface area contributed by atoms with Crippen LogP contribution in [0.15, 0.2) is 30.5 Å². The minimum absolute atomic E-state index is 0.0147. The molecule has 0 N–H and O–H groups in total. The summed E-state index contributed by atoms with van der Waals surface area (Å²) in [6.45, 7) is 2.27. The minimum Gasteiger partial charge on any atom is -0.338 e. The van der Waals surface area contributed by atoms with Gasteiger partial charge in [-0.1, -0.05) is 12.1 Å². The minimum atomic E-state index is -0.308. The van der Waals surface area contributed by atoms with Crippen molar-refractivity contribution < 1.29 is 9.18 Å². The van der Waals surface area contributed by atoms with Crippen LogP contribution in [-0.2, 0) is 24.2 Å². The van der Waals surface area contributed by atoms with Crippen LogP contribution >= 0.6 is 0 Å². The van der Waals surface area contributed by atoms with Crippen molar-refractivity contribution in [2.45, 2.75) is 38.3 Å². The van der Waals surface area contributed by atoms with Crippen LogP contribution in [0.1, 0.15) is 41.5 Å². The first-order chi connectivity index (χ1) is 12.6. The molecule has 0 aliphatic carbocycles. The highest BCUT2D eigenvalue weighted by molar-refractivity contribution is 5.79. The van der Waals surface area contributed by atoms with Crippen molar-refractivity contribution in [1.82, 2.24) is 19.8 Å². The van der Waals surface area contributed by atoms with Gasteiger partial charge in [-0.05, 0) is 44.1 Å². The lowest BCUT2D eigenvalue weighted by atomic mass is 10.0. The third-order valence-corrected chi connectivity index (χ3v) is 5.37. The van der Waals surface area contributed by atoms with Crippen LogP contribution < -0.4 is 0 Å². The number of rotatable bonds is 3. The fourth-order valence-electron chi connectivity index (χ4n) is 3.87. The zero-order valence-corrected chi connectivity index (χ0v) is 15.0. The number of fused-ring (bicyclic) bond motifs is 1. The monoisotopic (exact) mass is 354 g/mol. The van der Waals surface area contributed by atoms with Gasteiger partial charge in [0.25, 0.3) is 0 Å². The first kappa shape index (κ1) is 17.1. The van der Waals surface area contributed by atoms with E-state index in [-0.39, 0.29) is 18.1 Å². The van der Waals surface area contributed by atoms with Crippen molar-refractivity contribution in [2.75, 3.05) is 20.1 Å². The van der Waals surface area contributed by atoms with Gasteiger partial charge in [-0.25, -0.2) is 14.4 Å².